The van der Waals surface area contributed by atoms with Gasteiger partial charge in [-0.2, -0.15) is 0 Å². The average molecular weight is 324 g/mol. The predicted molar refractivity (Wildman–Crippen MR) is 87.1 cm³/mol. The second kappa shape index (κ2) is 6.90. The molecule has 1 nitrogen and oxygen atoms in total. The Hall–Kier alpha value is -0.340. The van der Waals surface area contributed by atoms with Crippen LogP contribution < -0.4 is 0 Å². The molecule has 1 aliphatic heterocycles. The van der Waals surface area contributed by atoms with E-state index in [1.54, 1.807) is 11.1 Å². The first kappa shape index (κ1) is 15.1. The summed E-state index contributed by atoms with van der Waals surface area (Å²) >= 11 is 3.74. The molecule has 0 bridgehead atoms. The molecule has 1 aromatic carbocycles. The fraction of sp³-hybridized carbons (Fsp3) is 0.647. The first-order valence-electron chi connectivity index (χ1n) is 7.58. The van der Waals surface area contributed by atoms with Crippen molar-refractivity contribution in [3.8, 4) is 0 Å². The van der Waals surface area contributed by atoms with Crippen LogP contribution in [-0.4, -0.2) is 29.9 Å². The second-order valence-electron chi connectivity index (χ2n) is 5.89. The highest BCUT2D eigenvalue weighted by Gasteiger charge is 2.28. The Labute approximate surface area is 126 Å². The second-order valence-corrected chi connectivity index (χ2v) is 6.45. The van der Waals surface area contributed by atoms with Gasteiger partial charge in [0.25, 0.3) is 0 Å². The summed E-state index contributed by atoms with van der Waals surface area (Å²) in [6.07, 6.45) is 4.94. The number of hydrogen-bond donors (Lipinski definition) is 0. The van der Waals surface area contributed by atoms with Gasteiger partial charge in [-0.05, 0) is 42.2 Å². The zero-order chi connectivity index (χ0) is 13.7. The lowest BCUT2D eigenvalue weighted by atomic mass is 9.84. The molecular weight excluding hydrogens is 298 g/mol. The third kappa shape index (κ3) is 3.61. The largest absolute Gasteiger partial charge is 0.302 e. The molecule has 1 heterocycles. The normalized spacial score (nSPS) is 17.0. The standard InChI is InChI=1S/C17H26BrN/c1-3-17(4-2,13-18)14-19-11-9-15-7-5-6-8-16(15)10-12-19/h5-8H,3-4,9-14H2,1-2H3. The summed E-state index contributed by atoms with van der Waals surface area (Å²) in [4.78, 5) is 2.67. The van der Waals surface area contributed by atoms with Gasteiger partial charge in [0.2, 0.25) is 0 Å². The van der Waals surface area contributed by atoms with Crippen LogP contribution in [0.5, 0.6) is 0 Å². The zero-order valence-corrected chi connectivity index (χ0v) is 13.9. The lowest BCUT2D eigenvalue weighted by molar-refractivity contribution is 0.164. The minimum Gasteiger partial charge on any atom is -0.302 e. The van der Waals surface area contributed by atoms with Crippen molar-refractivity contribution in [3.05, 3.63) is 35.4 Å². The van der Waals surface area contributed by atoms with Crippen molar-refractivity contribution in [1.82, 2.24) is 4.90 Å². The first-order valence-corrected chi connectivity index (χ1v) is 8.70. The van der Waals surface area contributed by atoms with Gasteiger partial charge in [-0.15, -0.1) is 0 Å². The van der Waals surface area contributed by atoms with Crippen LogP contribution in [0.25, 0.3) is 0 Å². The molecule has 0 unspecified atom stereocenters. The van der Waals surface area contributed by atoms with Crippen molar-refractivity contribution in [2.24, 2.45) is 5.41 Å². The lowest BCUT2D eigenvalue weighted by Crippen LogP contribution is -2.39. The predicted octanol–water partition coefficient (Wildman–Crippen LogP) is 4.29. The maximum absolute atomic E-state index is 3.74. The summed E-state index contributed by atoms with van der Waals surface area (Å²) in [7, 11) is 0. The minimum atomic E-state index is 0.455. The number of alkyl halides is 1. The van der Waals surface area contributed by atoms with E-state index in [1.807, 2.05) is 0 Å². The van der Waals surface area contributed by atoms with Crippen LogP contribution in [-0.2, 0) is 12.8 Å². The SMILES string of the molecule is CCC(CC)(CBr)CN1CCc2ccccc2CC1. The molecule has 0 aliphatic carbocycles. The summed E-state index contributed by atoms with van der Waals surface area (Å²) in [5.74, 6) is 0. The molecule has 0 saturated carbocycles. The minimum absolute atomic E-state index is 0.455. The van der Waals surface area contributed by atoms with Crippen LogP contribution in [0.15, 0.2) is 24.3 Å². The highest BCUT2D eigenvalue weighted by molar-refractivity contribution is 9.09. The number of halogens is 1. The van der Waals surface area contributed by atoms with Crippen LogP contribution in [0, 0.1) is 5.41 Å². The van der Waals surface area contributed by atoms with Gasteiger partial charge in [0.05, 0.1) is 0 Å². The van der Waals surface area contributed by atoms with Gasteiger partial charge in [0.1, 0.15) is 0 Å². The Morgan fingerprint density at radius 3 is 2.00 bits per heavy atom. The van der Waals surface area contributed by atoms with E-state index in [2.05, 4.69) is 58.9 Å². The Bertz CT molecular complexity index is 363. The van der Waals surface area contributed by atoms with Crippen molar-refractivity contribution in [3.63, 3.8) is 0 Å². The van der Waals surface area contributed by atoms with Gasteiger partial charge in [-0.1, -0.05) is 54.0 Å². The molecule has 0 aromatic heterocycles. The molecule has 19 heavy (non-hydrogen) atoms. The third-order valence-electron chi connectivity index (χ3n) is 4.86. The molecule has 1 aromatic rings. The molecule has 0 amide bonds. The highest BCUT2D eigenvalue weighted by atomic mass is 79.9. The van der Waals surface area contributed by atoms with E-state index in [0.29, 0.717) is 5.41 Å². The Morgan fingerprint density at radius 1 is 1.05 bits per heavy atom. The molecule has 1 aliphatic rings. The van der Waals surface area contributed by atoms with Gasteiger partial charge in [-0.25, -0.2) is 0 Å². The van der Waals surface area contributed by atoms with E-state index in [-0.39, 0.29) is 0 Å². The van der Waals surface area contributed by atoms with Crippen LogP contribution in [0.1, 0.15) is 37.8 Å². The van der Waals surface area contributed by atoms with Crippen LogP contribution >= 0.6 is 15.9 Å². The van der Waals surface area contributed by atoms with E-state index >= 15 is 0 Å². The molecule has 0 atom stereocenters. The van der Waals surface area contributed by atoms with E-state index in [0.717, 1.165) is 5.33 Å². The Kier molecular flexibility index (Phi) is 5.47. The molecular formula is C17H26BrN. The molecule has 2 rings (SSSR count). The number of rotatable bonds is 5. The fourth-order valence-electron chi connectivity index (χ4n) is 3.05. The Balaban J connectivity index is 2.02. The van der Waals surface area contributed by atoms with Gasteiger partial charge in [-0.3, -0.25) is 0 Å². The number of nitrogens with zero attached hydrogens (tertiary/aromatic N) is 1. The van der Waals surface area contributed by atoms with E-state index in [1.165, 1.54) is 45.3 Å². The van der Waals surface area contributed by atoms with Crippen LogP contribution in [0.4, 0.5) is 0 Å². The molecule has 0 N–H and O–H groups in total. The zero-order valence-electron chi connectivity index (χ0n) is 12.3. The number of benzene rings is 1. The summed E-state index contributed by atoms with van der Waals surface area (Å²) in [5.41, 5.74) is 3.57. The first-order chi connectivity index (χ1) is 9.23. The van der Waals surface area contributed by atoms with Gasteiger partial charge >= 0.3 is 0 Å². The Morgan fingerprint density at radius 2 is 1.58 bits per heavy atom. The van der Waals surface area contributed by atoms with Crippen molar-refractivity contribution in [2.45, 2.75) is 39.5 Å². The van der Waals surface area contributed by atoms with E-state index < -0.39 is 0 Å². The molecule has 0 radical (unpaired) electrons. The maximum Gasteiger partial charge on any atom is 0.01000 e. The van der Waals surface area contributed by atoms with E-state index in [4.69, 9.17) is 0 Å². The smallest absolute Gasteiger partial charge is 0.01000 e. The van der Waals surface area contributed by atoms with Gasteiger partial charge in [0, 0.05) is 25.0 Å². The molecule has 2 heteroatoms. The van der Waals surface area contributed by atoms with Crippen molar-refractivity contribution in [1.29, 1.82) is 0 Å². The van der Waals surface area contributed by atoms with Crippen molar-refractivity contribution in [2.75, 3.05) is 25.0 Å². The fourth-order valence-corrected chi connectivity index (χ4v) is 4.02. The van der Waals surface area contributed by atoms with Gasteiger partial charge in [0.15, 0.2) is 0 Å². The number of fused-ring (bicyclic) bond motifs is 1. The maximum atomic E-state index is 3.74. The summed E-state index contributed by atoms with van der Waals surface area (Å²) < 4.78 is 0. The van der Waals surface area contributed by atoms with Crippen molar-refractivity contribution < 1.29 is 0 Å². The third-order valence-corrected chi connectivity index (χ3v) is 6.05. The molecule has 106 valence electrons. The van der Waals surface area contributed by atoms with Crippen LogP contribution in [0.3, 0.4) is 0 Å². The molecule has 0 fully saturated rings. The summed E-state index contributed by atoms with van der Waals surface area (Å²) in [6.45, 7) is 8.32. The van der Waals surface area contributed by atoms with Gasteiger partial charge < -0.3 is 4.90 Å². The van der Waals surface area contributed by atoms with Crippen LogP contribution in [0.2, 0.25) is 0 Å². The van der Waals surface area contributed by atoms with Crippen molar-refractivity contribution >= 4 is 15.9 Å². The summed E-state index contributed by atoms with van der Waals surface area (Å²) in [6, 6.07) is 8.96. The topological polar surface area (TPSA) is 3.24 Å². The lowest BCUT2D eigenvalue weighted by Gasteiger charge is -2.35. The average Bonchev–Trinajstić information content (AvgIpc) is 2.68. The molecule has 0 spiro atoms. The molecule has 0 saturated heterocycles. The monoisotopic (exact) mass is 323 g/mol. The summed E-state index contributed by atoms with van der Waals surface area (Å²) in [5, 5.41) is 1.12. The number of hydrogen-bond acceptors (Lipinski definition) is 1. The quantitative estimate of drug-likeness (QED) is 0.731. The highest BCUT2D eigenvalue weighted by Crippen LogP contribution is 2.30. The van der Waals surface area contributed by atoms with E-state index in [9.17, 15) is 0 Å².